The lowest BCUT2D eigenvalue weighted by Crippen LogP contribution is -2.12. The van der Waals surface area contributed by atoms with Crippen LogP contribution < -0.4 is 4.74 Å². The van der Waals surface area contributed by atoms with Crippen LogP contribution in [0, 0.1) is 6.92 Å². The molecule has 2 aromatic rings. The third-order valence-electron chi connectivity index (χ3n) is 2.96. The Bertz CT molecular complexity index is 741. The first-order chi connectivity index (χ1) is 10.4. The molecular formula is C16H12Br2O4. The molecule has 0 fully saturated rings. The molecule has 0 heterocycles. The lowest BCUT2D eigenvalue weighted by atomic mass is 10.1. The number of esters is 2. The maximum absolute atomic E-state index is 12.2. The van der Waals surface area contributed by atoms with Crippen molar-refractivity contribution >= 4 is 43.8 Å². The molecule has 0 aliphatic heterocycles. The molecule has 0 amide bonds. The number of benzene rings is 2. The fourth-order valence-corrected chi connectivity index (χ4v) is 2.48. The van der Waals surface area contributed by atoms with Gasteiger partial charge in [-0.3, -0.25) is 0 Å². The summed E-state index contributed by atoms with van der Waals surface area (Å²) < 4.78 is 11.5. The van der Waals surface area contributed by atoms with Crippen molar-refractivity contribution in [1.29, 1.82) is 0 Å². The largest absolute Gasteiger partial charge is 0.465 e. The Labute approximate surface area is 144 Å². The summed E-state index contributed by atoms with van der Waals surface area (Å²) >= 11 is 6.64. The van der Waals surface area contributed by atoms with Crippen molar-refractivity contribution in [2.75, 3.05) is 7.11 Å². The molecule has 0 aliphatic carbocycles. The molecule has 0 aromatic heterocycles. The van der Waals surface area contributed by atoms with Crippen LogP contribution in [0.5, 0.6) is 5.75 Å². The van der Waals surface area contributed by atoms with Gasteiger partial charge < -0.3 is 9.47 Å². The summed E-state index contributed by atoms with van der Waals surface area (Å²) in [4.78, 5) is 24.0. The van der Waals surface area contributed by atoms with Crippen LogP contribution in [-0.4, -0.2) is 19.0 Å². The van der Waals surface area contributed by atoms with Crippen molar-refractivity contribution in [3.05, 3.63) is 62.0 Å². The number of aryl methyl sites for hydroxylation is 1. The first kappa shape index (κ1) is 16.7. The van der Waals surface area contributed by atoms with E-state index in [9.17, 15) is 9.59 Å². The number of hydrogen-bond acceptors (Lipinski definition) is 4. The van der Waals surface area contributed by atoms with E-state index in [0.717, 1.165) is 10.0 Å². The summed E-state index contributed by atoms with van der Waals surface area (Å²) in [6.45, 7) is 1.92. The number of methoxy groups -OCH3 is 1. The number of carbonyl (C=O) groups excluding carboxylic acids is 2. The van der Waals surface area contributed by atoms with Gasteiger partial charge in [0, 0.05) is 8.95 Å². The van der Waals surface area contributed by atoms with Crippen molar-refractivity contribution in [1.82, 2.24) is 0 Å². The zero-order chi connectivity index (χ0) is 16.3. The second-order valence-corrected chi connectivity index (χ2v) is 6.26. The van der Waals surface area contributed by atoms with Crippen LogP contribution in [0.4, 0.5) is 0 Å². The Balaban J connectivity index is 2.32. The first-order valence-corrected chi connectivity index (χ1v) is 7.87. The molecule has 0 radical (unpaired) electrons. The summed E-state index contributed by atoms with van der Waals surface area (Å²) in [5.74, 6) is -0.973. The predicted octanol–water partition coefficient (Wildman–Crippen LogP) is 4.53. The van der Waals surface area contributed by atoms with Gasteiger partial charge in [0.05, 0.1) is 12.7 Å². The molecular weight excluding hydrogens is 416 g/mol. The fraction of sp³-hybridized carbons (Fsp3) is 0.125. The van der Waals surface area contributed by atoms with E-state index in [0.29, 0.717) is 10.0 Å². The van der Waals surface area contributed by atoms with E-state index in [4.69, 9.17) is 9.47 Å². The van der Waals surface area contributed by atoms with Crippen molar-refractivity contribution < 1.29 is 19.1 Å². The van der Waals surface area contributed by atoms with Crippen LogP contribution in [0.1, 0.15) is 26.3 Å². The van der Waals surface area contributed by atoms with Crippen molar-refractivity contribution in [2.24, 2.45) is 0 Å². The second-order valence-electron chi connectivity index (χ2n) is 4.49. The minimum absolute atomic E-state index is 0.150. The first-order valence-electron chi connectivity index (χ1n) is 6.28. The number of ether oxygens (including phenoxy) is 2. The van der Waals surface area contributed by atoms with E-state index in [2.05, 4.69) is 31.9 Å². The van der Waals surface area contributed by atoms with Gasteiger partial charge in [-0.15, -0.1) is 0 Å². The van der Waals surface area contributed by atoms with E-state index in [1.54, 1.807) is 24.3 Å². The van der Waals surface area contributed by atoms with Gasteiger partial charge in [0.25, 0.3) is 0 Å². The molecule has 2 rings (SSSR count). The van der Waals surface area contributed by atoms with Gasteiger partial charge in [0.15, 0.2) is 0 Å². The van der Waals surface area contributed by atoms with Crippen LogP contribution in [0.15, 0.2) is 45.3 Å². The van der Waals surface area contributed by atoms with E-state index in [1.807, 2.05) is 13.0 Å². The maximum Gasteiger partial charge on any atom is 0.343 e. The Morgan fingerprint density at radius 3 is 2.36 bits per heavy atom. The summed E-state index contributed by atoms with van der Waals surface area (Å²) in [6.07, 6.45) is 0. The lowest BCUT2D eigenvalue weighted by molar-refractivity contribution is 0.0593. The zero-order valence-electron chi connectivity index (χ0n) is 11.9. The fourth-order valence-electron chi connectivity index (χ4n) is 1.74. The molecule has 2 aromatic carbocycles. The van der Waals surface area contributed by atoms with E-state index in [1.165, 1.54) is 13.2 Å². The molecule has 4 nitrogen and oxygen atoms in total. The van der Waals surface area contributed by atoms with Crippen LogP contribution in [0.25, 0.3) is 0 Å². The van der Waals surface area contributed by atoms with Crippen molar-refractivity contribution in [3.8, 4) is 5.75 Å². The minimum atomic E-state index is -0.575. The SMILES string of the molecule is COC(=O)c1cc(Br)ccc1OC(=O)c1ccc(C)c(Br)c1. The average molecular weight is 428 g/mol. The molecule has 0 saturated carbocycles. The molecule has 0 unspecified atom stereocenters. The predicted molar refractivity (Wildman–Crippen MR) is 89.3 cm³/mol. The molecule has 6 heteroatoms. The zero-order valence-corrected chi connectivity index (χ0v) is 15.0. The van der Waals surface area contributed by atoms with Gasteiger partial charge in [-0.05, 0) is 42.8 Å². The quantitative estimate of drug-likeness (QED) is 0.533. The monoisotopic (exact) mass is 426 g/mol. The van der Waals surface area contributed by atoms with Crippen molar-refractivity contribution in [3.63, 3.8) is 0 Å². The van der Waals surface area contributed by atoms with Crippen molar-refractivity contribution in [2.45, 2.75) is 6.92 Å². The van der Waals surface area contributed by atoms with Gasteiger partial charge in [-0.25, -0.2) is 9.59 Å². The number of carbonyl (C=O) groups is 2. The molecule has 22 heavy (non-hydrogen) atoms. The van der Waals surface area contributed by atoms with Gasteiger partial charge in [0.2, 0.25) is 0 Å². The van der Waals surface area contributed by atoms with Crippen LogP contribution in [0.3, 0.4) is 0 Å². The van der Waals surface area contributed by atoms with Crippen LogP contribution in [0.2, 0.25) is 0 Å². The third kappa shape index (κ3) is 3.75. The van der Waals surface area contributed by atoms with Gasteiger partial charge in [-0.2, -0.15) is 0 Å². The molecule has 0 N–H and O–H groups in total. The third-order valence-corrected chi connectivity index (χ3v) is 4.30. The summed E-state index contributed by atoms with van der Waals surface area (Å²) in [5, 5.41) is 0. The number of hydrogen-bond donors (Lipinski definition) is 0. The molecule has 0 aliphatic rings. The minimum Gasteiger partial charge on any atom is -0.465 e. The molecule has 0 saturated heterocycles. The average Bonchev–Trinajstić information content (AvgIpc) is 2.50. The summed E-state index contributed by atoms with van der Waals surface area (Å²) in [5.41, 5.74) is 1.57. The number of rotatable bonds is 3. The van der Waals surface area contributed by atoms with Gasteiger partial charge in [0.1, 0.15) is 11.3 Å². The Morgan fingerprint density at radius 1 is 1.00 bits per heavy atom. The van der Waals surface area contributed by atoms with E-state index >= 15 is 0 Å². The van der Waals surface area contributed by atoms with E-state index < -0.39 is 11.9 Å². The Morgan fingerprint density at radius 2 is 1.73 bits per heavy atom. The Kier molecular flexibility index (Phi) is 5.37. The normalized spacial score (nSPS) is 10.2. The smallest absolute Gasteiger partial charge is 0.343 e. The molecule has 0 atom stereocenters. The topological polar surface area (TPSA) is 52.6 Å². The standard InChI is InChI=1S/C16H12Br2O4/c1-9-3-4-10(7-13(9)18)15(19)22-14-6-5-11(17)8-12(14)16(20)21-2/h3-8H,1-2H3. The van der Waals surface area contributed by atoms with E-state index in [-0.39, 0.29) is 11.3 Å². The highest BCUT2D eigenvalue weighted by atomic mass is 79.9. The molecule has 0 spiro atoms. The summed E-state index contributed by atoms with van der Waals surface area (Å²) in [6, 6.07) is 9.91. The van der Waals surface area contributed by atoms with Gasteiger partial charge in [-0.1, -0.05) is 37.9 Å². The maximum atomic E-state index is 12.2. The highest BCUT2D eigenvalue weighted by Gasteiger charge is 2.18. The Hall–Kier alpha value is -1.66. The summed E-state index contributed by atoms with van der Waals surface area (Å²) in [7, 11) is 1.27. The van der Waals surface area contributed by atoms with Crippen LogP contribution in [-0.2, 0) is 4.74 Å². The molecule has 0 bridgehead atoms. The highest BCUT2D eigenvalue weighted by Crippen LogP contribution is 2.25. The second kappa shape index (κ2) is 7.07. The lowest BCUT2D eigenvalue weighted by Gasteiger charge is -2.10. The van der Waals surface area contributed by atoms with Crippen LogP contribution >= 0.6 is 31.9 Å². The van der Waals surface area contributed by atoms with Gasteiger partial charge >= 0.3 is 11.9 Å². The number of halogens is 2. The highest BCUT2D eigenvalue weighted by molar-refractivity contribution is 9.10. The molecule has 114 valence electrons.